The average Bonchev–Trinajstić information content (AvgIpc) is 3.37. The summed E-state index contributed by atoms with van der Waals surface area (Å²) >= 11 is 0. The second-order valence-corrected chi connectivity index (χ2v) is 6.72. The van der Waals surface area contributed by atoms with Gasteiger partial charge >= 0.3 is 11.9 Å². The van der Waals surface area contributed by atoms with Crippen molar-refractivity contribution >= 4 is 0 Å². The van der Waals surface area contributed by atoms with Gasteiger partial charge in [-0.25, -0.2) is 22.8 Å². The van der Waals surface area contributed by atoms with E-state index in [9.17, 15) is 26.7 Å². The third-order valence-electron chi connectivity index (χ3n) is 5.05. The van der Waals surface area contributed by atoms with E-state index in [2.05, 4.69) is 5.10 Å². The normalized spacial score (nSPS) is 19.9. The highest BCUT2D eigenvalue weighted by Crippen LogP contribution is 2.48. The number of epoxide rings is 1. The van der Waals surface area contributed by atoms with Crippen molar-refractivity contribution < 1.29 is 26.7 Å². The van der Waals surface area contributed by atoms with Gasteiger partial charge in [0.15, 0.2) is 0 Å². The molecular weight excluding hydrogens is 397 g/mol. The monoisotopic (exact) mass is 411 g/mol. The Morgan fingerprint density at radius 2 is 1.86 bits per heavy atom. The maximum atomic E-state index is 14.3. The Hall–Kier alpha value is -3.01. The van der Waals surface area contributed by atoms with Gasteiger partial charge in [-0.15, -0.1) is 0 Å². The molecule has 0 amide bonds. The van der Waals surface area contributed by atoms with E-state index in [-0.39, 0.29) is 17.9 Å². The molecule has 0 radical (unpaired) electrons. The van der Waals surface area contributed by atoms with Crippen LogP contribution in [-0.2, 0) is 16.5 Å². The van der Waals surface area contributed by atoms with Crippen molar-refractivity contribution in [3.63, 3.8) is 0 Å². The Balaban J connectivity index is 1.76. The minimum absolute atomic E-state index is 0.0449. The van der Waals surface area contributed by atoms with E-state index < -0.39 is 40.7 Å². The molecule has 3 aromatic rings. The molecule has 10 heteroatoms. The molecule has 29 heavy (non-hydrogen) atoms. The summed E-state index contributed by atoms with van der Waals surface area (Å²) in [6, 6.07) is 6.74. The molecule has 2 heterocycles. The van der Waals surface area contributed by atoms with E-state index in [1.54, 1.807) is 0 Å². The summed E-state index contributed by atoms with van der Waals surface area (Å²) in [5, 5.41) is 3.92. The molecule has 1 aromatic heterocycles. The van der Waals surface area contributed by atoms with Crippen molar-refractivity contribution in [2.45, 2.75) is 24.7 Å². The zero-order valence-electron chi connectivity index (χ0n) is 15.0. The first-order valence-corrected chi connectivity index (χ1v) is 8.57. The Morgan fingerprint density at radius 3 is 2.48 bits per heavy atom. The molecule has 4 rings (SSSR count). The number of benzene rings is 2. The molecule has 0 bridgehead atoms. The predicted octanol–water partition coefficient (Wildman–Crippen LogP) is 3.82. The van der Waals surface area contributed by atoms with E-state index in [4.69, 9.17) is 4.74 Å². The second-order valence-electron chi connectivity index (χ2n) is 6.72. The summed E-state index contributed by atoms with van der Waals surface area (Å²) in [7, 11) is 0. The van der Waals surface area contributed by atoms with Crippen LogP contribution < -0.4 is 5.69 Å². The van der Waals surface area contributed by atoms with Gasteiger partial charge in [-0.05, 0) is 25.1 Å². The summed E-state index contributed by atoms with van der Waals surface area (Å²) in [4.78, 5) is 12.8. The fourth-order valence-electron chi connectivity index (χ4n) is 3.40. The Kier molecular flexibility index (Phi) is 4.34. The van der Waals surface area contributed by atoms with Crippen LogP contribution in [0.1, 0.15) is 24.1 Å². The summed E-state index contributed by atoms with van der Waals surface area (Å²) in [6.45, 7) is 1.58. The third kappa shape index (κ3) is 3.13. The minimum atomic E-state index is -4.66. The molecule has 0 unspecified atom stereocenters. The first-order chi connectivity index (χ1) is 13.6. The third-order valence-corrected chi connectivity index (χ3v) is 5.05. The Morgan fingerprint density at radius 1 is 1.17 bits per heavy atom. The van der Waals surface area contributed by atoms with Crippen LogP contribution in [0.2, 0.25) is 0 Å². The molecule has 2 atom stereocenters. The van der Waals surface area contributed by atoms with Crippen molar-refractivity contribution in [3.05, 3.63) is 82.0 Å². The Bertz CT molecular complexity index is 1130. The number of hydrogen-bond donors (Lipinski definition) is 0. The number of alkyl halides is 3. The molecule has 0 N–H and O–H groups in total. The first kappa shape index (κ1) is 19.3. The van der Waals surface area contributed by atoms with Crippen LogP contribution in [0.25, 0.3) is 5.69 Å². The van der Waals surface area contributed by atoms with Crippen LogP contribution in [0.3, 0.4) is 0 Å². The van der Waals surface area contributed by atoms with Gasteiger partial charge in [0, 0.05) is 11.6 Å². The molecular formula is C19H14F5N3O2. The van der Waals surface area contributed by atoms with E-state index in [1.807, 2.05) is 0 Å². The molecule has 0 aliphatic carbocycles. The van der Waals surface area contributed by atoms with Gasteiger partial charge in [0.2, 0.25) is 0 Å². The minimum Gasteiger partial charge on any atom is -0.362 e. The predicted molar refractivity (Wildman–Crippen MR) is 91.5 cm³/mol. The largest absolute Gasteiger partial charge is 0.418 e. The number of hydrogen-bond acceptors (Lipinski definition) is 3. The van der Waals surface area contributed by atoms with Crippen molar-refractivity contribution in [3.8, 4) is 5.69 Å². The molecule has 1 fully saturated rings. The maximum absolute atomic E-state index is 14.3. The van der Waals surface area contributed by atoms with E-state index in [1.165, 1.54) is 25.1 Å². The summed E-state index contributed by atoms with van der Waals surface area (Å²) in [6.07, 6.45) is -3.69. The lowest BCUT2D eigenvalue weighted by atomic mass is 9.92. The van der Waals surface area contributed by atoms with E-state index in [0.717, 1.165) is 33.8 Å². The second kappa shape index (κ2) is 6.51. The molecule has 1 saturated heterocycles. The lowest BCUT2D eigenvalue weighted by molar-refractivity contribution is -0.137. The SMILES string of the molecule is C[C@@H](n1ncn(-c2ccccc2C(F)(F)F)c1=O)[C@@]1(c2ccc(F)cc2F)CO1. The lowest BCUT2D eigenvalue weighted by Gasteiger charge is -2.20. The topological polar surface area (TPSA) is 52.4 Å². The molecule has 152 valence electrons. The van der Waals surface area contributed by atoms with Gasteiger partial charge in [0.25, 0.3) is 0 Å². The van der Waals surface area contributed by atoms with E-state index >= 15 is 0 Å². The number of ether oxygens (including phenoxy) is 1. The number of aromatic nitrogens is 3. The number of nitrogens with zero attached hydrogens (tertiary/aromatic N) is 3. The molecule has 1 aliphatic rings. The molecule has 1 aliphatic heterocycles. The van der Waals surface area contributed by atoms with Crippen LogP contribution in [0, 0.1) is 11.6 Å². The van der Waals surface area contributed by atoms with Crippen molar-refractivity contribution in [2.24, 2.45) is 0 Å². The fourth-order valence-corrected chi connectivity index (χ4v) is 3.40. The van der Waals surface area contributed by atoms with Crippen molar-refractivity contribution in [1.82, 2.24) is 14.3 Å². The highest BCUT2D eigenvalue weighted by molar-refractivity contribution is 5.42. The zero-order valence-corrected chi connectivity index (χ0v) is 15.0. The smallest absolute Gasteiger partial charge is 0.362 e. The van der Waals surface area contributed by atoms with Crippen LogP contribution in [0.15, 0.2) is 53.6 Å². The summed E-state index contributed by atoms with van der Waals surface area (Å²) in [5.74, 6) is -1.61. The van der Waals surface area contributed by atoms with Gasteiger partial charge in [-0.1, -0.05) is 18.2 Å². The fraction of sp³-hybridized carbons (Fsp3) is 0.263. The highest BCUT2D eigenvalue weighted by atomic mass is 19.4. The molecule has 5 nitrogen and oxygen atoms in total. The van der Waals surface area contributed by atoms with Gasteiger partial charge in [-0.2, -0.15) is 18.3 Å². The summed E-state index contributed by atoms with van der Waals surface area (Å²) < 4.78 is 74.5. The quantitative estimate of drug-likeness (QED) is 0.485. The van der Waals surface area contributed by atoms with Crippen molar-refractivity contribution in [2.75, 3.05) is 6.61 Å². The lowest BCUT2D eigenvalue weighted by Crippen LogP contribution is -2.34. The van der Waals surface area contributed by atoms with Gasteiger partial charge in [0.05, 0.1) is 23.9 Å². The maximum Gasteiger partial charge on any atom is 0.418 e. The number of para-hydroxylation sites is 1. The first-order valence-electron chi connectivity index (χ1n) is 8.57. The van der Waals surface area contributed by atoms with Gasteiger partial charge in [0.1, 0.15) is 23.6 Å². The van der Waals surface area contributed by atoms with Crippen LogP contribution in [0.5, 0.6) is 0 Å². The van der Waals surface area contributed by atoms with Crippen LogP contribution >= 0.6 is 0 Å². The number of rotatable bonds is 4. The summed E-state index contributed by atoms with van der Waals surface area (Å²) in [5.41, 5.74) is -3.42. The molecule has 0 spiro atoms. The number of halogens is 5. The van der Waals surface area contributed by atoms with Gasteiger partial charge in [-0.3, -0.25) is 0 Å². The van der Waals surface area contributed by atoms with Crippen LogP contribution in [-0.4, -0.2) is 21.0 Å². The zero-order chi connectivity index (χ0) is 21.0. The highest BCUT2D eigenvalue weighted by Gasteiger charge is 2.54. The standard InChI is InChI=1S/C19H14F5N3O2/c1-11(18(9-29-18)13-7-6-12(20)8-15(13)21)27-17(28)26(10-25-27)16-5-3-2-4-14(16)19(22,23)24/h2-8,10-11H,9H2,1H3/t11-,18-/m1/s1. The van der Waals surface area contributed by atoms with Crippen molar-refractivity contribution in [1.29, 1.82) is 0 Å². The average molecular weight is 411 g/mol. The molecule has 0 saturated carbocycles. The molecule has 2 aromatic carbocycles. The van der Waals surface area contributed by atoms with Crippen LogP contribution in [0.4, 0.5) is 22.0 Å². The van der Waals surface area contributed by atoms with E-state index in [0.29, 0.717) is 6.07 Å². The Labute approximate surface area is 161 Å². The van der Waals surface area contributed by atoms with Gasteiger partial charge < -0.3 is 4.74 Å².